The van der Waals surface area contributed by atoms with Crippen molar-refractivity contribution in [1.82, 2.24) is 0 Å². The fourth-order valence-corrected chi connectivity index (χ4v) is 6.25. The Kier molecular flexibility index (Phi) is 40.5. The lowest BCUT2D eigenvalue weighted by Crippen LogP contribution is -2.28. The van der Waals surface area contributed by atoms with Crippen molar-refractivity contribution in [2.24, 2.45) is 5.73 Å². The molecule has 0 saturated carbocycles. The summed E-state index contributed by atoms with van der Waals surface area (Å²) < 4.78 is 33.4. The van der Waals surface area contributed by atoms with Gasteiger partial charge in [0.1, 0.15) is 6.10 Å². The van der Waals surface area contributed by atoms with Gasteiger partial charge in [0.15, 0.2) is 0 Å². The van der Waals surface area contributed by atoms with Crippen LogP contribution in [0.4, 0.5) is 0 Å². The van der Waals surface area contributed by atoms with E-state index >= 15 is 0 Å². The van der Waals surface area contributed by atoms with Gasteiger partial charge in [-0.3, -0.25) is 13.8 Å². The first-order valence-corrected chi connectivity index (χ1v) is 22.9. The second-order valence-corrected chi connectivity index (χ2v) is 15.3. The number of hydrogen-bond donors (Lipinski definition) is 2. The van der Waals surface area contributed by atoms with Gasteiger partial charge in [0.05, 0.1) is 19.8 Å². The Labute approximate surface area is 331 Å². The maximum atomic E-state index is 12.6. The van der Waals surface area contributed by atoms with Crippen molar-refractivity contribution in [3.63, 3.8) is 0 Å². The zero-order valence-electron chi connectivity index (χ0n) is 34.4. The Morgan fingerprint density at radius 2 is 1.04 bits per heavy atom. The Morgan fingerprint density at radius 3 is 1.56 bits per heavy atom. The highest BCUT2D eigenvalue weighted by Crippen LogP contribution is 2.43. The summed E-state index contributed by atoms with van der Waals surface area (Å²) in [6.07, 6.45) is 52.0. The van der Waals surface area contributed by atoms with Crippen LogP contribution in [0.2, 0.25) is 0 Å². The van der Waals surface area contributed by atoms with Gasteiger partial charge in [-0.1, -0.05) is 151 Å². The quantitative estimate of drug-likeness (QED) is 0.0273. The van der Waals surface area contributed by atoms with E-state index in [1.54, 1.807) is 0 Å². The molecule has 312 valence electrons. The van der Waals surface area contributed by atoms with Crippen LogP contribution in [0.5, 0.6) is 0 Å². The lowest BCUT2D eigenvalue weighted by atomic mass is 10.1. The van der Waals surface area contributed by atoms with Gasteiger partial charge in [0, 0.05) is 19.6 Å². The van der Waals surface area contributed by atoms with Gasteiger partial charge < -0.3 is 20.1 Å². The highest BCUT2D eigenvalue weighted by Gasteiger charge is 2.25. The Bertz CT molecular complexity index is 1050. The van der Waals surface area contributed by atoms with Crippen LogP contribution in [0.3, 0.4) is 0 Å². The molecule has 2 unspecified atom stereocenters. The van der Waals surface area contributed by atoms with E-state index in [-0.39, 0.29) is 38.8 Å². The SMILES string of the molecule is CC/C=C\C/C=C\C/C=C\C/C=C\CCCCCCC(=O)OC(COCCCCCCCCCC/C=C\C/C=C\CCCCC)COP(=O)(O)OCCN. The van der Waals surface area contributed by atoms with Crippen LogP contribution < -0.4 is 5.73 Å². The van der Waals surface area contributed by atoms with Crippen molar-refractivity contribution in [1.29, 1.82) is 0 Å². The first kappa shape index (κ1) is 51.9. The molecule has 0 aromatic heterocycles. The van der Waals surface area contributed by atoms with Gasteiger partial charge >= 0.3 is 13.8 Å². The fraction of sp³-hybridized carbons (Fsp3) is 0.711. The van der Waals surface area contributed by atoms with Gasteiger partial charge in [-0.15, -0.1) is 0 Å². The van der Waals surface area contributed by atoms with E-state index in [1.807, 2.05) is 0 Å². The molecule has 0 rings (SSSR count). The monoisotopic (exact) mass is 778 g/mol. The number of allylic oxidation sites excluding steroid dienone is 12. The Balaban J connectivity index is 4.11. The average Bonchev–Trinajstić information content (AvgIpc) is 3.16. The summed E-state index contributed by atoms with van der Waals surface area (Å²) in [7, 11) is -4.29. The van der Waals surface area contributed by atoms with Gasteiger partial charge in [0.2, 0.25) is 0 Å². The molecule has 0 bridgehead atoms. The molecule has 0 aliphatic rings. The van der Waals surface area contributed by atoms with Gasteiger partial charge in [-0.05, 0) is 83.5 Å². The third-order valence-corrected chi connectivity index (χ3v) is 9.59. The van der Waals surface area contributed by atoms with Crippen LogP contribution >= 0.6 is 7.82 Å². The molecule has 0 spiro atoms. The molecular formula is C45H80NO7P. The molecule has 0 saturated heterocycles. The van der Waals surface area contributed by atoms with E-state index in [4.69, 9.17) is 24.3 Å². The third-order valence-electron chi connectivity index (χ3n) is 8.61. The molecule has 8 nitrogen and oxygen atoms in total. The molecule has 0 aliphatic heterocycles. The summed E-state index contributed by atoms with van der Waals surface area (Å²) in [5.74, 6) is -0.358. The van der Waals surface area contributed by atoms with E-state index in [0.717, 1.165) is 77.0 Å². The van der Waals surface area contributed by atoms with E-state index in [1.165, 1.54) is 70.6 Å². The topological polar surface area (TPSA) is 117 Å². The lowest BCUT2D eigenvalue weighted by Gasteiger charge is -2.20. The maximum Gasteiger partial charge on any atom is 0.472 e. The number of rotatable bonds is 40. The lowest BCUT2D eigenvalue weighted by molar-refractivity contribution is -0.154. The molecule has 0 fully saturated rings. The number of carbonyl (C=O) groups is 1. The molecule has 0 radical (unpaired) electrons. The molecule has 0 aromatic carbocycles. The smallest absolute Gasteiger partial charge is 0.457 e. The normalized spacial score (nSPS) is 14.2. The standard InChI is InChI=1S/C45H80NO7P/c1-3-5-7-9-11-13-15-17-19-21-23-25-27-29-31-33-35-37-40-50-42-44(43-52-54(48,49)51-41-39-46)53-45(47)38-36-34-32-30-28-26-24-22-20-18-16-14-12-10-8-6-4-2/h6,8,11-14,17-20,24,26,44H,3-5,7,9-10,15-16,21-23,25,27-43,46H2,1-2H3,(H,48,49)/b8-6-,13-11-,14-12-,19-17-,20-18-,26-24-. The van der Waals surface area contributed by atoms with Crippen LogP contribution in [0.25, 0.3) is 0 Å². The first-order chi connectivity index (χ1) is 26.4. The van der Waals surface area contributed by atoms with Gasteiger partial charge in [0.25, 0.3) is 0 Å². The minimum absolute atomic E-state index is 0.0913. The van der Waals surface area contributed by atoms with Crippen LogP contribution in [0.1, 0.15) is 168 Å². The van der Waals surface area contributed by atoms with E-state index in [9.17, 15) is 14.3 Å². The fourth-order valence-electron chi connectivity index (χ4n) is 5.49. The number of esters is 1. The minimum Gasteiger partial charge on any atom is -0.457 e. The van der Waals surface area contributed by atoms with Crippen molar-refractivity contribution in [3.05, 3.63) is 72.9 Å². The third kappa shape index (κ3) is 41.1. The number of phosphoric ester groups is 1. The number of ether oxygens (including phenoxy) is 2. The predicted octanol–water partition coefficient (Wildman–Crippen LogP) is 12.7. The molecule has 0 aromatic rings. The van der Waals surface area contributed by atoms with E-state index < -0.39 is 13.9 Å². The molecular weight excluding hydrogens is 697 g/mol. The second-order valence-electron chi connectivity index (χ2n) is 13.8. The molecule has 0 amide bonds. The summed E-state index contributed by atoms with van der Waals surface area (Å²) in [6.45, 7) is 4.72. The summed E-state index contributed by atoms with van der Waals surface area (Å²) >= 11 is 0. The first-order valence-electron chi connectivity index (χ1n) is 21.4. The van der Waals surface area contributed by atoms with Crippen LogP contribution in [0.15, 0.2) is 72.9 Å². The zero-order chi connectivity index (χ0) is 39.5. The van der Waals surface area contributed by atoms with Crippen molar-refractivity contribution >= 4 is 13.8 Å². The molecule has 2 atom stereocenters. The van der Waals surface area contributed by atoms with Crippen LogP contribution in [-0.2, 0) is 27.9 Å². The molecule has 0 heterocycles. The summed E-state index contributed by atoms with van der Waals surface area (Å²) in [5, 5.41) is 0. The Hall–Kier alpha value is -2.06. The minimum atomic E-state index is -4.29. The highest BCUT2D eigenvalue weighted by molar-refractivity contribution is 7.47. The molecule has 9 heteroatoms. The number of phosphoric acid groups is 1. The number of hydrogen-bond acceptors (Lipinski definition) is 7. The molecule has 3 N–H and O–H groups in total. The average molecular weight is 778 g/mol. The van der Waals surface area contributed by atoms with E-state index in [2.05, 4.69) is 86.8 Å². The van der Waals surface area contributed by atoms with E-state index in [0.29, 0.717) is 6.61 Å². The van der Waals surface area contributed by atoms with Crippen molar-refractivity contribution in [3.8, 4) is 0 Å². The number of carbonyl (C=O) groups excluding carboxylic acids is 1. The number of unbranched alkanes of at least 4 members (excludes halogenated alkanes) is 15. The van der Waals surface area contributed by atoms with Crippen molar-refractivity contribution in [2.75, 3.05) is 33.0 Å². The predicted molar refractivity (Wildman–Crippen MR) is 228 cm³/mol. The van der Waals surface area contributed by atoms with Crippen LogP contribution in [0, 0.1) is 0 Å². The summed E-state index contributed by atoms with van der Waals surface area (Å²) in [6, 6.07) is 0. The van der Waals surface area contributed by atoms with Crippen molar-refractivity contribution < 1.29 is 32.8 Å². The molecule has 0 aliphatic carbocycles. The highest BCUT2D eigenvalue weighted by atomic mass is 31.2. The van der Waals surface area contributed by atoms with Crippen LogP contribution in [-0.4, -0.2) is 49.9 Å². The summed E-state index contributed by atoms with van der Waals surface area (Å²) in [4.78, 5) is 22.5. The summed E-state index contributed by atoms with van der Waals surface area (Å²) in [5.41, 5.74) is 5.37. The van der Waals surface area contributed by atoms with Gasteiger partial charge in [-0.25, -0.2) is 4.57 Å². The zero-order valence-corrected chi connectivity index (χ0v) is 35.3. The molecule has 54 heavy (non-hydrogen) atoms. The second kappa shape index (κ2) is 42.1. The maximum absolute atomic E-state index is 12.6. The largest absolute Gasteiger partial charge is 0.472 e. The van der Waals surface area contributed by atoms with Gasteiger partial charge in [-0.2, -0.15) is 0 Å². The Morgan fingerprint density at radius 1 is 0.574 bits per heavy atom. The van der Waals surface area contributed by atoms with Crippen molar-refractivity contribution in [2.45, 2.75) is 174 Å². The number of nitrogens with two attached hydrogens (primary N) is 1.